The molecule has 0 saturated heterocycles. The van der Waals surface area contributed by atoms with Gasteiger partial charge in [0.15, 0.2) is 11.5 Å². The summed E-state index contributed by atoms with van der Waals surface area (Å²) in [6.45, 7) is 1.62. The number of hydrogen-bond acceptors (Lipinski definition) is 20. The number of carboxylic acid groups (broad SMARTS) is 2. The van der Waals surface area contributed by atoms with E-state index in [1.54, 1.807) is 6.92 Å². The number of benzene rings is 5. The average molecular weight is 876 g/mol. The number of aliphatic carboxylic acids is 1. The summed E-state index contributed by atoms with van der Waals surface area (Å²) in [6.07, 6.45) is 0. The van der Waals surface area contributed by atoms with Crippen LogP contribution in [0.25, 0.3) is 10.8 Å². The minimum atomic E-state index is -4.55. The van der Waals surface area contributed by atoms with E-state index in [-0.39, 0.29) is 55.5 Å². The highest BCUT2D eigenvalue weighted by atomic mass is 32.2. The molecule has 1 unspecified atom stereocenters. The lowest BCUT2D eigenvalue weighted by atomic mass is 10.1. The SMILES string of the molecule is COc1cc(N=Nc2ccc([N+](=O)[O-])cc2C(=O)O)c(C)cc1N=Nc1c(SOOO)cc2cc(N=NC3C(=O)N(c4ccc(S(=O)(=O)O)cc4)N=C3C(=O)O)ccc2c1O. The molecule has 1 amide bonds. The first-order chi connectivity index (χ1) is 29.0. The van der Waals surface area contributed by atoms with Crippen LogP contribution in [0.1, 0.15) is 15.9 Å². The van der Waals surface area contributed by atoms with Crippen molar-refractivity contribution in [1.29, 1.82) is 0 Å². The van der Waals surface area contributed by atoms with Crippen molar-refractivity contribution in [2.24, 2.45) is 35.8 Å². The molecule has 0 radical (unpaired) electrons. The van der Waals surface area contributed by atoms with E-state index in [2.05, 4.69) is 45.2 Å². The van der Waals surface area contributed by atoms with Gasteiger partial charge in [0.1, 0.15) is 22.8 Å². The summed E-state index contributed by atoms with van der Waals surface area (Å²) >= 11 is 0.424. The minimum absolute atomic E-state index is 0.0198. The number of nitro groups is 1. The van der Waals surface area contributed by atoms with E-state index in [0.29, 0.717) is 22.6 Å². The number of carbonyl (C=O) groups excluding carboxylic acids is 1. The van der Waals surface area contributed by atoms with Crippen LogP contribution in [0.5, 0.6) is 11.5 Å². The Morgan fingerprint density at radius 1 is 0.902 bits per heavy atom. The number of aromatic carboxylic acids is 1. The molecule has 5 N–H and O–H groups in total. The number of methoxy groups -OCH3 is 1. The number of hydrogen-bond donors (Lipinski definition) is 5. The maximum absolute atomic E-state index is 13.2. The van der Waals surface area contributed by atoms with Crippen molar-refractivity contribution in [2.45, 2.75) is 22.8 Å². The standard InChI is InChI=1S/C35H25N9O15S2/c1-16-11-26(27(57-2)15-25(16)38-37-24-10-6-20(44(51)52)14-23(24)34(47)48)39-40-29-28(60-59-58-53)13-17-12-18(3-9-22(17)32(29)45)36-41-30-31(35(49)50)42-43(33(30)46)19-4-7-21(8-5-19)61(54,55)56/h3-15,30,45,53H,1-2H3,(H,47,48)(H,49,50)(H,54,55,56). The Bertz CT molecular complexity index is 2870. The molecule has 61 heavy (non-hydrogen) atoms. The molecule has 5 aromatic carbocycles. The van der Waals surface area contributed by atoms with Crippen LogP contribution in [0, 0.1) is 17.0 Å². The number of phenols is 1. The van der Waals surface area contributed by atoms with E-state index >= 15 is 0 Å². The van der Waals surface area contributed by atoms with Crippen molar-refractivity contribution in [3.63, 3.8) is 0 Å². The lowest BCUT2D eigenvalue weighted by molar-refractivity contribution is -0.432. The van der Waals surface area contributed by atoms with Gasteiger partial charge in [-0.05, 0) is 78.5 Å². The third-order valence-electron chi connectivity index (χ3n) is 8.43. The molecule has 1 aliphatic rings. The molecule has 0 aliphatic carbocycles. The fraction of sp³-hybridized carbons (Fsp3) is 0.0857. The number of nitro benzene ring substituents is 1. The monoisotopic (exact) mass is 875 g/mol. The second-order valence-corrected chi connectivity index (χ2v) is 14.4. The number of anilines is 1. The van der Waals surface area contributed by atoms with Crippen molar-refractivity contribution in [1.82, 2.24) is 0 Å². The Morgan fingerprint density at radius 2 is 1.61 bits per heavy atom. The molecule has 0 aromatic heterocycles. The van der Waals surface area contributed by atoms with Crippen molar-refractivity contribution >= 4 is 96.3 Å². The Labute approximate surface area is 344 Å². The van der Waals surface area contributed by atoms with Crippen LogP contribution >= 0.6 is 12.0 Å². The predicted octanol–water partition coefficient (Wildman–Crippen LogP) is 7.91. The Morgan fingerprint density at radius 3 is 2.25 bits per heavy atom. The first kappa shape index (κ1) is 43.0. The predicted molar refractivity (Wildman–Crippen MR) is 210 cm³/mol. The molecule has 0 fully saturated rings. The summed E-state index contributed by atoms with van der Waals surface area (Å²) in [5.74, 6) is -4.30. The smallest absolute Gasteiger partial charge is 0.355 e. The zero-order chi connectivity index (χ0) is 44.2. The van der Waals surface area contributed by atoms with Gasteiger partial charge in [0, 0.05) is 23.6 Å². The van der Waals surface area contributed by atoms with E-state index in [1.807, 2.05) is 0 Å². The van der Waals surface area contributed by atoms with Crippen molar-refractivity contribution in [2.75, 3.05) is 12.1 Å². The molecule has 26 heteroatoms. The van der Waals surface area contributed by atoms with Gasteiger partial charge in [-0.15, -0.1) is 19.7 Å². The molecular weight excluding hydrogens is 851 g/mol. The number of ether oxygens (including phenoxy) is 1. The molecule has 1 aliphatic heterocycles. The zero-order valence-electron chi connectivity index (χ0n) is 30.7. The first-order valence-electron chi connectivity index (χ1n) is 16.6. The number of amides is 1. The molecule has 1 atom stereocenters. The number of carbonyl (C=O) groups is 3. The van der Waals surface area contributed by atoms with Crippen molar-refractivity contribution in [3.8, 4) is 11.5 Å². The van der Waals surface area contributed by atoms with Gasteiger partial charge in [-0.25, -0.2) is 14.8 Å². The molecule has 24 nitrogen and oxygen atoms in total. The molecule has 1 heterocycles. The van der Waals surface area contributed by atoms with Gasteiger partial charge in [-0.3, -0.25) is 19.5 Å². The zero-order valence-corrected chi connectivity index (χ0v) is 32.4. The number of nitrogens with zero attached hydrogens (tertiary/aromatic N) is 9. The summed E-state index contributed by atoms with van der Waals surface area (Å²) in [7, 11) is -3.22. The van der Waals surface area contributed by atoms with Crippen LogP contribution in [0.2, 0.25) is 0 Å². The first-order valence-corrected chi connectivity index (χ1v) is 18.8. The van der Waals surface area contributed by atoms with Gasteiger partial charge in [0.25, 0.3) is 21.7 Å². The van der Waals surface area contributed by atoms with Gasteiger partial charge < -0.3 is 20.1 Å². The number of carboxylic acids is 2. The maximum Gasteiger partial charge on any atom is 0.355 e. The molecule has 312 valence electrons. The Balaban J connectivity index is 1.28. The fourth-order valence-electron chi connectivity index (χ4n) is 5.51. The van der Waals surface area contributed by atoms with Crippen LogP contribution in [0.15, 0.2) is 124 Å². The maximum atomic E-state index is 13.2. The summed E-state index contributed by atoms with van der Waals surface area (Å²) in [5, 5.41) is 83.7. The molecule has 0 spiro atoms. The number of azo groups is 3. The lowest BCUT2D eigenvalue weighted by Gasteiger charge is -2.12. The normalized spacial score (nSPS) is 14.4. The van der Waals surface area contributed by atoms with E-state index in [9.17, 15) is 52.8 Å². The number of hydrazone groups is 1. The second-order valence-electron chi connectivity index (χ2n) is 12.2. The van der Waals surface area contributed by atoms with E-state index in [4.69, 9.17) is 9.99 Å². The third kappa shape index (κ3) is 9.33. The fourth-order valence-corrected chi connectivity index (χ4v) is 6.48. The number of non-ortho nitro benzene ring substituents is 1. The average Bonchev–Trinajstić information content (AvgIpc) is 3.56. The minimum Gasteiger partial charge on any atom is -0.505 e. The topological polar surface area (TPSA) is 347 Å². The number of fused-ring (bicyclic) bond motifs is 1. The number of aromatic hydroxyl groups is 1. The van der Waals surface area contributed by atoms with Gasteiger partial charge in [-0.1, -0.05) is 5.04 Å². The van der Waals surface area contributed by atoms with Gasteiger partial charge in [0.2, 0.25) is 6.04 Å². The van der Waals surface area contributed by atoms with Crippen LogP contribution < -0.4 is 9.75 Å². The number of rotatable bonds is 15. The summed E-state index contributed by atoms with van der Waals surface area (Å²) in [5.41, 5.74) is -1.04. The second kappa shape index (κ2) is 17.7. The highest BCUT2D eigenvalue weighted by Gasteiger charge is 2.41. The van der Waals surface area contributed by atoms with Crippen LogP contribution in [-0.4, -0.2) is 75.2 Å². The lowest BCUT2D eigenvalue weighted by Crippen LogP contribution is -2.33. The highest BCUT2D eigenvalue weighted by Crippen LogP contribution is 2.46. The number of phenolic OH excluding ortho intramolecular Hbond substituents is 1. The molecule has 0 bridgehead atoms. The van der Waals surface area contributed by atoms with Crippen LogP contribution in [0.4, 0.5) is 39.8 Å². The summed E-state index contributed by atoms with van der Waals surface area (Å²) in [6, 6.07) is 14.1. The van der Waals surface area contributed by atoms with Crippen molar-refractivity contribution in [3.05, 3.63) is 100 Å². The van der Waals surface area contributed by atoms with Crippen LogP contribution in [-0.2, 0) is 29.1 Å². The van der Waals surface area contributed by atoms with Crippen molar-refractivity contribution < 1.29 is 67.0 Å². The van der Waals surface area contributed by atoms with E-state index in [0.717, 1.165) is 42.5 Å². The number of aryl methyl sites for hydroxylation is 1. The molecular formula is C35H25N9O15S2. The highest BCUT2D eigenvalue weighted by molar-refractivity contribution is 7.94. The Kier molecular flexibility index (Phi) is 12.5. The quantitative estimate of drug-likeness (QED) is 0.0166. The van der Waals surface area contributed by atoms with E-state index < -0.39 is 66.5 Å². The molecule has 5 aromatic rings. The van der Waals surface area contributed by atoms with Crippen LogP contribution in [0.3, 0.4) is 0 Å². The third-order valence-corrected chi connectivity index (χ3v) is 9.91. The Hall–Kier alpha value is -7.62. The molecule has 0 saturated carbocycles. The molecule has 6 rings (SSSR count). The van der Waals surface area contributed by atoms with Gasteiger partial charge in [-0.2, -0.15) is 33.9 Å². The van der Waals surface area contributed by atoms with Gasteiger partial charge in [0.05, 0.1) is 56.5 Å². The largest absolute Gasteiger partial charge is 0.505 e. The van der Waals surface area contributed by atoms with E-state index in [1.165, 1.54) is 43.5 Å². The van der Waals surface area contributed by atoms with Gasteiger partial charge >= 0.3 is 11.9 Å². The summed E-state index contributed by atoms with van der Waals surface area (Å²) < 4.78 is 42.1. The summed E-state index contributed by atoms with van der Waals surface area (Å²) in [4.78, 5) is 46.9.